The molecule has 0 radical (unpaired) electrons. The number of rotatable bonds is 6. The van der Waals surface area contributed by atoms with Crippen LogP contribution in [0.25, 0.3) is 6.08 Å². The van der Waals surface area contributed by atoms with Gasteiger partial charge >= 0.3 is 5.97 Å². The zero-order valence-corrected chi connectivity index (χ0v) is 16.1. The van der Waals surface area contributed by atoms with Gasteiger partial charge in [-0.05, 0) is 30.5 Å². The summed E-state index contributed by atoms with van der Waals surface area (Å²) in [6.45, 7) is 4.34. The topological polar surface area (TPSA) is 86.7 Å². The average molecular weight is 411 g/mol. The standard InChI is InChI=1S/C19H20Cl2N2O4/c1-12(19(26)27)11-16(24)22-14-7-9-23(10-8-14)17(25)6-5-13-3-2-4-15(20)18(13)21/h2-6,14H,1,7-11H2,(H,22,24)(H,26,27). The lowest BCUT2D eigenvalue weighted by Crippen LogP contribution is -2.46. The molecule has 1 fully saturated rings. The van der Waals surface area contributed by atoms with Gasteiger partial charge in [-0.2, -0.15) is 0 Å². The molecule has 0 saturated carbocycles. The number of carboxylic acids is 1. The molecular weight excluding hydrogens is 391 g/mol. The lowest BCUT2D eigenvalue weighted by molar-refractivity contribution is -0.134. The summed E-state index contributed by atoms with van der Waals surface area (Å²) < 4.78 is 0. The zero-order chi connectivity index (χ0) is 20.0. The molecule has 2 amide bonds. The molecule has 0 unspecified atom stereocenters. The van der Waals surface area contributed by atoms with E-state index in [4.69, 9.17) is 28.3 Å². The molecule has 1 aromatic rings. The first-order valence-corrected chi connectivity index (χ1v) is 9.15. The number of halogens is 2. The molecule has 0 aliphatic carbocycles. The number of likely N-dealkylation sites (tertiary alicyclic amines) is 1. The molecule has 144 valence electrons. The Bertz CT molecular complexity index is 784. The summed E-state index contributed by atoms with van der Waals surface area (Å²) in [4.78, 5) is 36.5. The van der Waals surface area contributed by atoms with Crippen LogP contribution in [-0.4, -0.2) is 46.9 Å². The first kappa shape index (κ1) is 21.0. The zero-order valence-electron chi connectivity index (χ0n) is 14.6. The van der Waals surface area contributed by atoms with E-state index in [-0.39, 0.29) is 29.9 Å². The fourth-order valence-corrected chi connectivity index (χ4v) is 3.08. The second-order valence-corrected chi connectivity index (χ2v) is 7.01. The van der Waals surface area contributed by atoms with E-state index < -0.39 is 5.97 Å². The van der Waals surface area contributed by atoms with Gasteiger partial charge in [-0.1, -0.05) is 41.9 Å². The number of hydrogen-bond donors (Lipinski definition) is 2. The van der Waals surface area contributed by atoms with Crippen molar-refractivity contribution in [1.29, 1.82) is 0 Å². The van der Waals surface area contributed by atoms with Crippen molar-refractivity contribution in [3.05, 3.63) is 52.0 Å². The van der Waals surface area contributed by atoms with Crippen LogP contribution < -0.4 is 5.32 Å². The Morgan fingerprint density at radius 2 is 1.93 bits per heavy atom. The number of carbonyl (C=O) groups excluding carboxylic acids is 2. The van der Waals surface area contributed by atoms with Gasteiger partial charge < -0.3 is 15.3 Å². The van der Waals surface area contributed by atoms with E-state index in [1.807, 2.05) is 0 Å². The van der Waals surface area contributed by atoms with E-state index in [9.17, 15) is 14.4 Å². The van der Waals surface area contributed by atoms with Crippen LogP contribution in [-0.2, 0) is 14.4 Å². The Labute approximate surface area is 167 Å². The number of benzene rings is 1. The number of carboxylic acid groups (broad SMARTS) is 1. The number of hydrogen-bond acceptors (Lipinski definition) is 3. The molecule has 1 aromatic carbocycles. The number of nitrogens with one attached hydrogen (secondary N) is 1. The third kappa shape index (κ3) is 6.12. The van der Waals surface area contributed by atoms with Crippen LogP contribution >= 0.6 is 23.2 Å². The quantitative estimate of drug-likeness (QED) is 0.705. The molecular formula is C19H20Cl2N2O4. The van der Waals surface area contributed by atoms with Gasteiger partial charge in [0, 0.05) is 30.8 Å². The van der Waals surface area contributed by atoms with E-state index in [2.05, 4.69) is 11.9 Å². The predicted molar refractivity (Wildman–Crippen MR) is 105 cm³/mol. The Morgan fingerprint density at radius 3 is 2.56 bits per heavy atom. The largest absolute Gasteiger partial charge is 0.478 e. The van der Waals surface area contributed by atoms with Crippen molar-refractivity contribution in [3.8, 4) is 0 Å². The van der Waals surface area contributed by atoms with Crippen molar-refractivity contribution in [1.82, 2.24) is 10.2 Å². The first-order valence-electron chi connectivity index (χ1n) is 8.39. The highest BCUT2D eigenvalue weighted by atomic mass is 35.5. The van der Waals surface area contributed by atoms with E-state index >= 15 is 0 Å². The van der Waals surface area contributed by atoms with Gasteiger partial charge in [0.15, 0.2) is 0 Å². The molecule has 8 heteroatoms. The van der Waals surface area contributed by atoms with Crippen molar-refractivity contribution in [2.45, 2.75) is 25.3 Å². The molecule has 6 nitrogen and oxygen atoms in total. The summed E-state index contributed by atoms with van der Waals surface area (Å²) in [7, 11) is 0. The van der Waals surface area contributed by atoms with Crippen molar-refractivity contribution < 1.29 is 19.5 Å². The molecule has 0 bridgehead atoms. The van der Waals surface area contributed by atoms with Crippen LogP contribution in [0.4, 0.5) is 0 Å². The highest BCUT2D eigenvalue weighted by Gasteiger charge is 2.23. The highest BCUT2D eigenvalue weighted by Crippen LogP contribution is 2.26. The number of nitrogens with zero attached hydrogens (tertiary/aromatic N) is 1. The summed E-state index contributed by atoms with van der Waals surface area (Å²) in [5.41, 5.74) is 0.517. The van der Waals surface area contributed by atoms with Crippen LogP contribution in [0, 0.1) is 0 Å². The molecule has 1 aliphatic rings. The number of carbonyl (C=O) groups is 3. The van der Waals surface area contributed by atoms with Crippen LogP contribution in [0.3, 0.4) is 0 Å². The number of amides is 2. The van der Waals surface area contributed by atoms with Crippen LogP contribution in [0.1, 0.15) is 24.8 Å². The Balaban J connectivity index is 1.82. The van der Waals surface area contributed by atoms with E-state index in [1.165, 1.54) is 6.08 Å². The fourth-order valence-electron chi connectivity index (χ4n) is 2.71. The van der Waals surface area contributed by atoms with Gasteiger partial charge in [0.25, 0.3) is 0 Å². The third-order valence-corrected chi connectivity index (χ3v) is 5.07. The molecule has 0 aromatic heterocycles. The predicted octanol–water partition coefficient (Wildman–Crippen LogP) is 3.14. The molecule has 2 N–H and O–H groups in total. The van der Waals surface area contributed by atoms with Gasteiger partial charge in [-0.25, -0.2) is 4.79 Å². The first-order chi connectivity index (χ1) is 12.8. The Morgan fingerprint density at radius 1 is 1.26 bits per heavy atom. The number of aliphatic carboxylic acids is 1. The molecule has 1 saturated heterocycles. The van der Waals surface area contributed by atoms with Gasteiger partial charge in [0.2, 0.25) is 11.8 Å². The molecule has 0 atom stereocenters. The van der Waals surface area contributed by atoms with Crippen molar-refractivity contribution in [2.75, 3.05) is 13.1 Å². The maximum Gasteiger partial charge on any atom is 0.331 e. The lowest BCUT2D eigenvalue weighted by Gasteiger charge is -2.31. The normalized spacial score (nSPS) is 15.0. The van der Waals surface area contributed by atoms with Crippen LogP contribution in [0.2, 0.25) is 10.0 Å². The Hall–Kier alpha value is -2.31. The molecule has 2 rings (SSSR count). The summed E-state index contributed by atoms with van der Waals surface area (Å²) >= 11 is 12.0. The fraction of sp³-hybridized carbons (Fsp3) is 0.316. The third-order valence-electron chi connectivity index (χ3n) is 4.24. The summed E-state index contributed by atoms with van der Waals surface area (Å²) in [5.74, 6) is -1.70. The smallest absolute Gasteiger partial charge is 0.331 e. The minimum Gasteiger partial charge on any atom is -0.478 e. The Kier molecular flexibility index (Phi) is 7.45. The van der Waals surface area contributed by atoms with Crippen molar-refractivity contribution >= 4 is 47.1 Å². The monoisotopic (exact) mass is 410 g/mol. The summed E-state index contributed by atoms with van der Waals surface area (Å²) in [6, 6.07) is 5.11. The second kappa shape index (κ2) is 9.58. The van der Waals surface area contributed by atoms with E-state index in [0.717, 1.165) is 0 Å². The van der Waals surface area contributed by atoms with Crippen molar-refractivity contribution in [2.24, 2.45) is 0 Å². The maximum absolute atomic E-state index is 12.3. The van der Waals surface area contributed by atoms with E-state index in [1.54, 1.807) is 29.2 Å². The summed E-state index contributed by atoms with van der Waals surface area (Å²) in [5, 5.41) is 12.4. The van der Waals surface area contributed by atoms with E-state index in [0.29, 0.717) is 41.5 Å². The average Bonchev–Trinajstić information content (AvgIpc) is 2.63. The minimum absolute atomic E-state index is 0.0884. The van der Waals surface area contributed by atoms with Gasteiger partial charge in [0.05, 0.1) is 16.5 Å². The summed E-state index contributed by atoms with van der Waals surface area (Å²) in [6.07, 6.45) is 4.04. The van der Waals surface area contributed by atoms with Crippen LogP contribution in [0.5, 0.6) is 0 Å². The van der Waals surface area contributed by atoms with Crippen LogP contribution in [0.15, 0.2) is 36.4 Å². The SMILES string of the molecule is C=C(CC(=O)NC1CCN(C(=O)C=Cc2cccc(Cl)c2Cl)CC1)C(=O)O. The lowest BCUT2D eigenvalue weighted by atomic mass is 10.0. The molecule has 27 heavy (non-hydrogen) atoms. The van der Waals surface area contributed by atoms with Gasteiger partial charge in [-0.3, -0.25) is 9.59 Å². The minimum atomic E-state index is -1.18. The van der Waals surface area contributed by atoms with Gasteiger partial charge in [-0.15, -0.1) is 0 Å². The highest BCUT2D eigenvalue weighted by molar-refractivity contribution is 6.42. The van der Waals surface area contributed by atoms with Gasteiger partial charge in [0.1, 0.15) is 0 Å². The molecule has 1 aliphatic heterocycles. The maximum atomic E-state index is 12.3. The molecule has 1 heterocycles. The molecule has 0 spiro atoms. The number of piperidine rings is 1. The second-order valence-electron chi connectivity index (χ2n) is 6.23. The van der Waals surface area contributed by atoms with Crippen molar-refractivity contribution in [3.63, 3.8) is 0 Å².